The van der Waals surface area contributed by atoms with Crippen molar-refractivity contribution in [3.8, 4) is 0 Å². The molecular weight excluding hydrogens is 188 g/mol. The minimum Gasteiger partial charge on any atom is -0.370 e. The van der Waals surface area contributed by atoms with Crippen molar-refractivity contribution in [3.05, 3.63) is 35.7 Å². The molecule has 0 aromatic carbocycles. The highest BCUT2D eigenvalue weighted by atomic mass is 16.1. The molecule has 15 heavy (non-hydrogen) atoms. The fourth-order valence-corrected chi connectivity index (χ4v) is 1.49. The number of hydrogen-bond acceptors (Lipinski definition) is 1. The summed E-state index contributed by atoms with van der Waals surface area (Å²) in [5.41, 5.74) is 8.29. The van der Waals surface area contributed by atoms with Crippen LogP contribution in [0.1, 0.15) is 30.2 Å². The fraction of sp³-hybridized carbons (Fsp3) is 0.250. The molecule has 0 fully saturated rings. The van der Waals surface area contributed by atoms with Gasteiger partial charge in [0.15, 0.2) is 0 Å². The average Bonchev–Trinajstić information content (AvgIpc) is 2.58. The SMILES string of the molecule is C=Cc1[nH]cc(CCC(N)=O)c1/C=C\C. The van der Waals surface area contributed by atoms with Gasteiger partial charge in [0.1, 0.15) is 0 Å². The molecule has 3 heteroatoms. The molecule has 0 aliphatic carbocycles. The van der Waals surface area contributed by atoms with Gasteiger partial charge in [0, 0.05) is 23.9 Å². The number of rotatable bonds is 5. The topological polar surface area (TPSA) is 58.9 Å². The maximum atomic E-state index is 10.7. The van der Waals surface area contributed by atoms with Crippen molar-refractivity contribution in [2.45, 2.75) is 19.8 Å². The number of carbonyl (C=O) groups excluding carboxylic acids is 1. The molecule has 0 saturated carbocycles. The van der Waals surface area contributed by atoms with E-state index in [1.165, 1.54) is 0 Å². The molecule has 0 aliphatic heterocycles. The van der Waals surface area contributed by atoms with E-state index < -0.39 is 0 Å². The van der Waals surface area contributed by atoms with Gasteiger partial charge in [-0.05, 0) is 25.0 Å². The zero-order valence-electron chi connectivity index (χ0n) is 8.92. The second kappa shape index (κ2) is 5.20. The Morgan fingerprint density at radius 1 is 1.67 bits per heavy atom. The maximum Gasteiger partial charge on any atom is 0.217 e. The van der Waals surface area contributed by atoms with Gasteiger partial charge in [-0.15, -0.1) is 0 Å². The number of nitrogens with one attached hydrogen (secondary N) is 1. The van der Waals surface area contributed by atoms with Crippen molar-refractivity contribution in [1.82, 2.24) is 4.98 Å². The van der Waals surface area contributed by atoms with E-state index in [-0.39, 0.29) is 5.91 Å². The fourth-order valence-electron chi connectivity index (χ4n) is 1.49. The number of aromatic nitrogens is 1. The van der Waals surface area contributed by atoms with Crippen LogP contribution in [0, 0.1) is 0 Å². The minimum absolute atomic E-state index is 0.275. The molecule has 0 spiro atoms. The Labute approximate surface area is 89.7 Å². The third kappa shape index (κ3) is 2.84. The lowest BCUT2D eigenvalue weighted by molar-refractivity contribution is -0.117. The number of nitrogens with two attached hydrogens (primary N) is 1. The highest BCUT2D eigenvalue weighted by molar-refractivity contribution is 5.74. The number of H-pyrrole nitrogens is 1. The third-order valence-corrected chi connectivity index (χ3v) is 2.22. The summed E-state index contributed by atoms with van der Waals surface area (Å²) in [4.78, 5) is 13.8. The van der Waals surface area contributed by atoms with Crippen LogP contribution in [0.15, 0.2) is 18.9 Å². The van der Waals surface area contributed by atoms with E-state index in [9.17, 15) is 4.79 Å². The van der Waals surface area contributed by atoms with Crippen molar-refractivity contribution in [2.24, 2.45) is 5.73 Å². The first kappa shape index (κ1) is 11.3. The van der Waals surface area contributed by atoms with E-state index in [1.54, 1.807) is 6.08 Å². The van der Waals surface area contributed by atoms with E-state index >= 15 is 0 Å². The number of primary amides is 1. The molecule has 0 atom stereocenters. The summed E-state index contributed by atoms with van der Waals surface area (Å²) >= 11 is 0. The molecule has 0 bridgehead atoms. The summed E-state index contributed by atoms with van der Waals surface area (Å²) < 4.78 is 0. The Morgan fingerprint density at radius 3 is 2.93 bits per heavy atom. The van der Waals surface area contributed by atoms with Gasteiger partial charge in [-0.2, -0.15) is 0 Å². The van der Waals surface area contributed by atoms with Gasteiger partial charge in [-0.3, -0.25) is 4.79 Å². The molecule has 0 aliphatic rings. The predicted octanol–water partition coefficient (Wildman–Crippen LogP) is 2.11. The van der Waals surface area contributed by atoms with Crippen molar-refractivity contribution < 1.29 is 4.79 Å². The molecule has 1 heterocycles. The van der Waals surface area contributed by atoms with Crippen molar-refractivity contribution in [1.29, 1.82) is 0 Å². The molecule has 80 valence electrons. The van der Waals surface area contributed by atoms with Gasteiger partial charge < -0.3 is 10.7 Å². The normalized spacial score (nSPS) is 10.7. The number of aromatic amines is 1. The first-order valence-electron chi connectivity index (χ1n) is 4.92. The number of aryl methyl sites for hydroxylation is 1. The van der Waals surface area contributed by atoms with Crippen LogP contribution < -0.4 is 5.73 Å². The smallest absolute Gasteiger partial charge is 0.217 e. The first-order chi connectivity index (χ1) is 7.19. The Morgan fingerprint density at radius 2 is 2.40 bits per heavy atom. The highest BCUT2D eigenvalue weighted by Gasteiger charge is 2.06. The van der Waals surface area contributed by atoms with Crippen LogP contribution in [-0.4, -0.2) is 10.9 Å². The Balaban J connectivity index is 2.91. The van der Waals surface area contributed by atoms with E-state index in [2.05, 4.69) is 11.6 Å². The zero-order valence-corrected chi connectivity index (χ0v) is 8.92. The van der Waals surface area contributed by atoms with Crippen LogP contribution >= 0.6 is 0 Å². The van der Waals surface area contributed by atoms with E-state index in [4.69, 9.17) is 5.73 Å². The molecule has 1 rings (SSSR count). The second-order valence-electron chi connectivity index (χ2n) is 3.31. The van der Waals surface area contributed by atoms with Crippen molar-refractivity contribution in [3.63, 3.8) is 0 Å². The molecule has 0 saturated heterocycles. The molecule has 0 unspecified atom stereocenters. The largest absolute Gasteiger partial charge is 0.370 e. The zero-order chi connectivity index (χ0) is 11.3. The monoisotopic (exact) mass is 204 g/mol. The van der Waals surface area contributed by atoms with E-state index in [0.717, 1.165) is 16.8 Å². The van der Waals surface area contributed by atoms with Crippen molar-refractivity contribution >= 4 is 18.1 Å². The number of hydrogen-bond donors (Lipinski definition) is 2. The van der Waals surface area contributed by atoms with Gasteiger partial charge >= 0.3 is 0 Å². The van der Waals surface area contributed by atoms with Gasteiger partial charge in [0.25, 0.3) is 0 Å². The van der Waals surface area contributed by atoms with E-state index in [1.807, 2.05) is 25.3 Å². The molecular formula is C12H16N2O. The van der Waals surface area contributed by atoms with E-state index in [0.29, 0.717) is 12.8 Å². The van der Waals surface area contributed by atoms with Crippen molar-refractivity contribution in [2.75, 3.05) is 0 Å². The van der Waals surface area contributed by atoms with Gasteiger partial charge in [0.2, 0.25) is 5.91 Å². The maximum absolute atomic E-state index is 10.7. The lowest BCUT2D eigenvalue weighted by atomic mass is 10.1. The van der Waals surface area contributed by atoms with Gasteiger partial charge in [-0.1, -0.05) is 18.7 Å². The Bertz CT molecular complexity index is 388. The molecule has 3 N–H and O–H groups in total. The van der Waals surface area contributed by atoms with Crippen LogP contribution in [0.5, 0.6) is 0 Å². The summed E-state index contributed by atoms with van der Waals surface area (Å²) in [7, 11) is 0. The van der Waals surface area contributed by atoms with Gasteiger partial charge in [-0.25, -0.2) is 0 Å². The Kier molecular flexibility index (Phi) is 3.92. The van der Waals surface area contributed by atoms with Crippen LogP contribution in [0.2, 0.25) is 0 Å². The summed E-state index contributed by atoms with van der Waals surface area (Å²) in [6.45, 7) is 5.68. The van der Waals surface area contributed by atoms with Crippen LogP contribution in [0.25, 0.3) is 12.2 Å². The number of carbonyl (C=O) groups is 1. The number of allylic oxidation sites excluding steroid dienone is 1. The summed E-state index contributed by atoms with van der Waals surface area (Å²) in [6.07, 6.45) is 8.67. The number of amides is 1. The molecule has 1 aromatic rings. The summed E-state index contributed by atoms with van der Waals surface area (Å²) in [6, 6.07) is 0. The van der Waals surface area contributed by atoms with Crippen LogP contribution in [-0.2, 0) is 11.2 Å². The first-order valence-corrected chi connectivity index (χ1v) is 4.92. The minimum atomic E-state index is -0.275. The molecule has 0 radical (unpaired) electrons. The molecule has 1 aromatic heterocycles. The average molecular weight is 204 g/mol. The predicted molar refractivity (Wildman–Crippen MR) is 63.1 cm³/mol. The highest BCUT2D eigenvalue weighted by Crippen LogP contribution is 2.18. The molecule has 1 amide bonds. The second-order valence-corrected chi connectivity index (χ2v) is 3.31. The summed E-state index contributed by atoms with van der Waals surface area (Å²) in [5.74, 6) is -0.275. The molecule has 3 nitrogen and oxygen atoms in total. The van der Waals surface area contributed by atoms with Crippen LogP contribution in [0.3, 0.4) is 0 Å². The quantitative estimate of drug-likeness (QED) is 0.758. The lowest BCUT2D eigenvalue weighted by Gasteiger charge is -1.98. The summed E-state index contributed by atoms with van der Waals surface area (Å²) in [5, 5.41) is 0. The Hall–Kier alpha value is -1.77. The third-order valence-electron chi connectivity index (χ3n) is 2.22. The standard InChI is InChI=1S/C12H16N2O/c1-3-5-10-9(6-7-12(13)15)8-14-11(10)4-2/h3-5,8,14H,2,6-7H2,1H3,(H2,13,15)/b5-3-. The van der Waals surface area contributed by atoms with Crippen LogP contribution in [0.4, 0.5) is 0 Å². The lowest BCUT2D eigenvalue weighted by Crippen LogP contribution is -2.11. The van der Waals surface area contributed by atoms with Gasteiger partial charge in [0.05, 0.1) is 0 Å².